The lowest BCUT2D eigenvalue weighted by Crippen LogP contribution is -2.11. The minimum Gasteiger partial charge on any atom is -0.453 e. The molecule has 0 aliphatic heterocycles. The molecule has 1 aromatic heterocycles. The van der Waals surface area contributed by atoms with Gasteiger partial charge in [0.05, 0.1) is 0 Å². The van der Waals surface area contributed by atoms with Gasteiger partial charge in [-0.2, -0.15) is 0 Å². The Kier molecular flexibility index (Phi) is 2.03. The minimum absolute atomic E-state index is 0.0532. The van der Waals surface area contributed by atoms with E-state index in [0.717, 1.165) is 12.1 Å². The number of nitrogens with two attached hydrogens (primary N) is 1. The van der Waals surface area contributed by atoms with Crippen molar-refractivity contribution in [3.05, 3.63) is 35.6 Å². The first-order valence-corrected chi connectivity index (χ1v) is 3.98. The summed E-state index contributed by atoms with van der Waals surface area (Å²) < 4.78 is 30.6. The maximum absolute atomic E-state index is 12.8. The van der Waals surface area contributed by atoms with Crippen molar-refractivity contribution >= 4 is 16.8 Å². The van der Waals surface area contributed by atoms with E-state index < -0.39 is 11.6 Å². The van der Waals surface area contributed by atoms with Gasteiger partial charge in [0.15, 0.2) is 17.4 Å². The van der Waals surface area contributed by atoms with E-state index >= 15 is 0 Å². The van der Waals surface area contributed by atoms with Gasteiger partial charge in [-0.1, -0.05) is 5.16 Å². The number of rotatable bonds is 1. The van der Waals surface area contributed by atoms with E-state index in [9.17, 15) is 8.78 Å². The first kappa shape index (κ1) is 9.45. The summed E-state index contributed by atoms with van der Waals surface area (Å²) >= 11 is 0. The maximum Gasteiger partial charge on any atom is 0.205 e. The summed E-state index contributed by atoms with van der Waals surface area (Å²) in [5.41, 5.74) is 5.39. The van der Waals surface area contributed by atoms with Crippen LogP contribution >= 0.6 is 0 Å². The molecular formula is C9H6F2N2O2. The molecule has 0 saturated heterocycles. The lowest BCUT2D eigenvalue weighted by molar-refractivity contribution is 0.317. The number of hydrogen-bond donors (Lipinski definition) is 2. The van der Waals surface area contributed by atoms with E-state index in [1.165, 1.54) is 6.07 Å². The van der Waals surface area contributed by atoms with Crippen molar-refractivity contribution in [2.75, 3.05) is 0 Å². The molecule has 0 radical (unpaired) electrons. The van der Waals surface area contributed by atoms with Crippen LogP contribution in [0.25, 0.3) is 11.0 Å². The van der Waals surface area contributed by atoms with E-state index in [1.54, 1.807) is 0 Å². The largest absolute Gasteiger partial charge is 0.453 e. The molecule has 3 N–H and O–H groups in total. The summed E-state index contributed by atoms with van der Waals surface area (Å²) in [6.45, 7) is 0. The summed E-state index contributed by atoms with van der Waals surface area (Å²) in [6, 6.07) is 3.23. The highest BCUT2D eigenvalue weighted by molar-refractivity contribution is 5.98. The predicted octanol–water partition coefficient (Wildman–Crippen LogP) is 1.81. The summed E-state index contributed by atoms with van der Waals surface area (Å²) in [4.78, 5) is 0. The molecular weight excluding hydrogens is 206 g/mol. The molecule has 1 aromatic carbocycles. The zero-order valence-corrected chi connectivity index (χ0v) is 7.37. The Bertz CT molecular complexity index is 509. The number of furan rings is 1. The van der Waals surface area contributed by atoms with Gasteiger partial charge in [0.25, 0.3) is 0 Å². The average molecular weight is 212 g/mol. The third kappa shape index (κ3) is 1.50. The van der Waals surface area contributed by atoms with Gasteiger partial charge < -0.3 is 15.4 Å². The fourth-order valence-corrected chi connectivity index (χ4v) is 1.21. The third-order valence-corrected chi connectivity index (χ3v) is 1.92. The zero-order chi connectivity index (χ0) is 11.0. The molecule has 0 saturated carbocycles. The van der Waals surface area contributed by atoms with Gasteiger partial charge in [-0.25, -0.2) is 8.78 Å². The van der Waals surface area contributed by atoms with Crippen LogP contribution in [0, 0.1) is 11.6 Å². The van der Waals surface area contributed by atoms with Crippen LogP contribution in [0.15, 0.2) is 27.8 Å². The Hall–Kier alpha value is -2.11. The van der Waals surface area contributed by atoms with E-state index in [4.69, 9.17) is 15.4 Å². The van der Waals surface area contributed by atoms with E-state index in [1.807, 2.05) is 0 Å². The maximum atomic E-state index is 12.8. The highest BCUT2D eigenvalue weighted by Gasteiger charge is 2.11. The lowest BCUT2D eigenvalue weighted by Gasteiger charge is -1.91. The number of amidine groups is 1. The molecule has 0 bridgehead atoms. The van der Waals surface area contributed by atoms with Crippen LogP contribution in [-0.4, -0.2) is 11.0 Å². The molecule has 0 aliphatic rings. The summed E-state index contributed by atoms with van der Waals surface area (Å²) in [7, 11) is 0. The number of hydrogen-bond acceptors (Lipinski definition) is 3. The Morgan fingerprint density at radius 2 is 1.93 bits per heavy atom. The number of benzene rings is 1. The molecule has 78 valence electrons. The van der Waals surface area contributed by atoms with Crippen molar-refractivity contribution in [3.8, 4) is 0 Å². The van der Waals surface area contributed by atoms with Crippen LogP contribution in [0.2, 0.25) is 0 Å². The van der Waals surface area contributed by atoms with Crippen LogP contribution < -0.4 is 5.73 Å². The molecule has 1 heterocycles. The van der Waals surface area contributed by atoms with Crippen molar-refractivity contribution in [3.63, 3.8) is 0 Å². The second-order valence-electron chi connectivity index (χ2n) is 2.90. The standard InChI is InChI=1S/C9H6F2N2O2/c10-5-1-4-2-8(9(12)13-14)15-7(4)3-6(5)11/h1-3,14H,(H2,12,13). The van der Waals surface area contributed by atoms with Gasteiger partial charge >= 0.3 is 0 Å². The molecule has 0 amide bonds. The quantitative estimate of drug-likeness (QED) is 0.327. The van der Waals surface area contributed by atoms with Crippen molar-refractivity contribution in [1.29, 1.82) is 0 Å². The molecule has 2 rings (SSSR count). The summed E-state index contributed by atoms with van der Waals surface area (Å²) in [5, 5.41) is 11.4. The van der Waals surface area contributed by atoms with Crippen molar-refractivity contribution in [1.82, 2.24) is 0 Å². The van der Waals surface area contributed by atoms with E-state index in [-0.39, 0.29) is 17.2 Å². The first-order chi connectivity index (χ1) is 7.11. The highest BCUT2D eigenvalue weighted by atomic mass is 19.2. The molecule has 0 atom stereocenters. The Balaban J connectivity index is 2.66. The molecule has 6 heteroatoms. The van der Waals surface area contributed by atoms with Crippen LogP contribution in [-0.2, 0) is 0 Å². The predicted molar refractivity (Wildman–Crippen MR) is 48.6 cm³/mol. The normalized spacial score (nSPS) is 12.3. The minimum atomic E-state index is -1.01. The Morgan fingerprint density at radius 3 is 2.60 bits per heavy atom. The molecule has 0 aliphatic carbocycles. The van der Waals surface area contributed by atoms with Crippen LogP contribution in [0.4, 0.5) is 8.78 Å². The van der Waals surface area contributed by atoms with Crippen molar-refractivity contribution in [2.45, 2.75) is 0 Å². The fourth-order valence-electron chi connectivity index (χ4n) is 1.21. The molecule has 0 unspecified atom stereocenters. The summed E-state index contributed by atoms with van der Waals surface area (Å²) in [6.07, 6.45) is 0. The van der Waals surface area contributed by atoms with Gasteiger partial charge in [0, 0.05) is 11.5 Å². The number of fused-ring (bicyclic) bond motifs is 1. The molecule has 0 spiro atoms. The average Bonchev–Trinajstić information content (AvgIpc) is 2.60. The topological polar surface area (TPSA) is 71.8 Å². The molecule has 4 nitrogen and oxygen atoms in total. The van der Waals surface area contributed by atoms with Gasteiger partial charge in [-0.05, 0) is 12.1 Å². The highest BCUT2D eigenvalue weighted by Crippen LogP contribution is 2.22. The Morgan fingerprint density at radius 1 is 1.27 bits per heavy atom. The molecule has 15 heavy (non-hydrogen) atoms. The second-order valence-corrected chi connectivity index (χ2v) is 2.90. The Labute approximate surface area is 82.6 Å². The molecule has 0 fully saturated rings. The SMILES string of the molecule is NC(=NO)c1cc2cc(F)c(F)cc2o1. The van der Waals surface area contributed by atoms with E-state index in [2.05, 4.69) is 5.16 Å². The number of nitrogens with zero attached hydrogens (tertiary/aromatic N) is 1. The van der Waals surface area contributed by atoms with Crippen LogP contribution in [0.5, 0.6) is 0 Å². The van der Waals surface area contributed by atoms with Crippen molar-refractivity contribution in [2.24, 2.45) is 10.9 Å². The van der Waals surface area contributed by atoms with Gasteiger partial charge in [0.1, 0.15) is 5.58 Å². The van der Waals surface area contributed by atoms with Gasteiger partial charge in [-0.15, -0.1) is 0 Å². The summed E-state index contributed by atoms with van der Waals surface area (Å²) in [5.74, 6) is -2.19. The lowest BCUT2D eigenvalue weighted by atomic mass is 10.2. The van der Waals surface area contributed by atoms with E-state index in [0.29, 0.717) is 5.39 Å². The first-order valence-electron chi connectivity index (χ1n) is 3.98. The fraction of sp³-hybridized carbons (Fsp3) is 0. The third-order valence-electron chi connectivity index (χ3n) is 1.92. The molecule has 2 aromatic rings. The number of oxime groups is 1. The van der Waals surface area contributed by atoms with Gasteiger partial charge in [0.2, 0.25) is 5.84 Å². The van der Waals surface area contributed by atoms with Crippen LogP contribution in [0.3, 0.4) is 0 Å². The second kappa shape index (κ2) is 3.23. The monoisotopic (exact) mass is 212 g/mol. The number of halogens is 2. The van der Waals surface area contributed by atoms with Gasteiger partial charge in [-0.3, -0.25) is 0 Å². The zero-order valence-electron chi connectivity index (χ0n) is 7.37. The van der Waals surface area contributed by atoms with Crippen LogP contribution in [0.1, 0.15) is 5.76 Å². The smallest absolute Gasteiger partial charge is 0.205 e. The van der Waals surface area contributed by atoms with Crippen molar-refractivity contribution < 1.29 is 18.4 Å².